The monoisotopic (exact) mass is 462 g/mol. The first-order chi connectivity index (χ1) is 15.6. The predicted molar refractivity (Wildman–Crippen MR) is 127 cm³/mol. The molecule has 7 nitrogen and oxygen atoms in total. The summed E-state index contributed by atoms with van der Waals surface area (Å²) in [6.45, 7) is 1.81. The molecule has 2 aromatic heterocycles. The molecule has 1 amide bonds. The lowest BCUT2D eigenvalue weighted by molar-refractivity contribution is -0.118. The maximum atomic E-state index is 12.4. The van der Waals surface area contributed by atoms with E-state index < -0.39 is 0 Å². The van der Waals surface area contributed by atoms with Crippen LogP contribution < -0.4 is 5.43 Å². The average Bonchev–Trinajstić information content (AvgIpc) is 3.27. The molecule has 0 fully saturated rings. The van der Waals surface area contributed by atoms with Gasteiger partial charge >= 0.3 is 0 Å². The number of aromatic nitrogens is 4. The Bertz CT molecular complexity index is 1230. The molecule has 9 heteroatoms. The highest BCUT2D eigenvalue weighted by Crippen LogP contribution is 2.28. The molecule has 0 aliphatic carbocycles. The van der Waals surface area contributed by atoms with Gasteiger partial charge in [-0.3, -0.25) is 14.3 Å². The summed E-state index contributed by atoms with van der Waals surface area (Å²) in [6.07, 6.45) is 3.38. The minimum atomic E-state index is -0.245. The van der Waals surface area contributed by atoms with E-state index >= 15 is 0 Å². The highest BCUT2D eigenvalue weighted by molar-refractivity contribution is 7.99. The Kier molecular flexibility index (Phi) is 6.94. The number of amides is 1. The summed E-state index contributed by atoms with van der Waals surface area (Å²) in [5.74, 6) is 0.566. The van der Waals surface area contributed by atoms with E-state index in [1.807, 2.05) is 78.2 Å². The van der Waals surface area contributed by atoms with Crippen LogP contribution in [0.25, 0.3) is 17.1 Å². The minimum Gasteiger partial charge on any atom is -0.272 e. The molecule has 32 heavy (non-hydrogen) atoms. The van der Waals surface area contributed by atoms with E-state index in [1.54, 1.807) is 12.4 Å². The summed E-state index contributed by atoms with van der Waals surface area (Å²) < 4.78 is 1.91. The van der Waals surface area contributed by atoms with Gasteiger partial charge in [-0.2, -0.15) is 5.10 Å². The van der Waals surface area contributed by atoms with Gasteiger partial charge in [-0.1, -0.05) is 59.8 Å². The van der Waals surface area contributed by atoms with Crippen LogP contribution in [0.2, 0.25) is 5.02 Å². The van der Waals surface area contributed by atoms with Crippen molar-refractivity contribution >= 4 is 35.0 Å². The fraction of sp³-hybridized carbons (Fsp3) is 0.0870. The van der Waals surface area contributed by atoms with Gasteiger partial charge < -0.3 is 0 Å². The molecule has 4 aromatic rings. The van der Waals surface area contributed by atoms with Crippen molar-refractivity contribution in [3.63, 3.8) is 0 Å². The van der Waals surface area contributed by atoms with Gasteiger partial charge in [-0.15, -0.1) is 10.2 Å². The Morgan fingerprint density at radius 3 is 2.56 bits per heavy atom. The van der Waals surface area contributed by atoms with Crippen molar-refractivity contribution in [2.75, 3.05) is 5.75 Å². The van der Waals surface area contributed by atoms with Crippen molar-refractivity contribution in [1.29, 1.82) is 0 Å². The molecule has 0 bridgehead atoms. The third-order valence-corrected chi connectivity index (χ3v) is 5.69. The first-order valence-electron chi connectivity index (χ1n) is 9.75. The second-order valence-corrected chi connectivity index (χ2v) is 8.13. The van der Waals surface area contributed by atoms with E-state index in [-0.39, 0.29) is 11.7 Å². The molecule has 4 rings (SSSR count). The minimum absolute atomic E-state index is 0.129. The zero-order valence-electron chi connectivity index (χ0n) is 17.1. The van der Waals surface area contributed by atoms with Crippen LogP contribution in [0.1, 0.15) is 12.5 Å². The number of hydrogen-bond donors (Lipinski definition) is 1. The molecule has 0 unspecified atom stereocenters. The lowest BCUT2D eigenvalue weighted by Crippen LogP contribution is -2.21. The summed E-state index contributed by atoms with van der Waals surface area (Å²) in [6, 6.07) is 20.9. The normalized spacial score (nSPS) is 11.4. The van der Waals surface area contributed by atoms with Gasteiger partial charge in [0.25, 0.3) is 5.91 Å². The highest BCUT2D eigenvalue weighted by Gasteiger charge is 2.17. The standard InChI is InChI=1S/C23H19ClN6OS/c1-16(18-8-5-13-25-14-18)26-27-21(31)15-32-23-29-28-22(17-6-3-2-4-7-17)30(23)20-11-9-19(24)10-12-20/h2-14H,15H2,1H3,(H,27,31). The second kappa shape index (κ2) is 10.2. The van der Waals surface area contributed by atoms with Crippen LogP contribution >= 0.6 is 23.4 Å². The topological polar surface area (TPSA) is 85.1 Å². The predicted octanol–water partition coefficient (Wildman–Crippen LogP) is 4.62. The lowest BCUT2D eigenvalue weighted by Gasteiger charge is -2.10. The number of rotatable bonds is 7. The van der Waals surface area contributed by atoms with E-state index in [4.69, 9.17) is 11.6 Å². The van der Waals surface area contributed by atoms with Crippen molar-refractivity contribution in [2.24, 2.45) is 5.10 Å². The van der Waals surface area contributed by atoms with Gasteiger partial charge in [0.05, 0.1) is 11.5 Å². The fourth-order valence-electron chi connectivity index (χ4n) is 2.91. The highest BCUT2D eigenvalue weighted by atomic mass is 35.5. The fourth-order valence-corrected chi connectivity index (χ4v) is 3.78. The van der Waals surface area contributed by atoms with E-state index in [0.29, 0.717) is 21.7 Å². The quantitative estimate of drug-likeness (QED) is 0.246. The Balaban J connectivity index is 1.53. The SMILES string of the molecule is CC(=NNC(=O)CSc1nnc(-c2ccccc2)n1-c1ccc(Cl)cc1)c1cccnc1. The Labute approximate surface area is 194 Å². The number of carbonyl (C=O) groups excluding carboxylic acids is 1. The number of pyridine rings is 1. The molecule has 2 heterocycles. The molecule has 1 N–H and O–H groups in total. The first-order valence-corrected chi connectivity index (χ1v) is 11.1. The Morgan fingerprint density at radius 1 is 1.06 bits per heavy atom. The number of benzene rings is 2. The van der Waals surface area contributed by atoms with E-state index in [2.05, 4.69) is 25.7 Å². The summed E-state index contributed by atoms with van der Waals surface area (Å²) in [5.41, 5.74) is 5.87. The van der Waals surface area contributed by atoms with Crippen molar-refractivity contribution in [3.8, 4) is 17.1 Å². The van der Waals surface area contributed by atoms with Gasteiger partial charge in [0.15, 0.2) is 11.0 Å². The average molecular weight is 463 g/mol. The van der Waals surface area contributed by atoms with Crippen LogP contribution in [-0.4, -0.2) is 37.1 Å². The number of nitrogens with one attached hydrogen (secondary N) is 1. The zero-order valence-corrected chi connectivity index (χ0v) is 18.7. The van der Waals surface area contributed by atoms with Crippen molar-refractivity contribution in [2.45, 2.75) is 12.1 Å². The molecular formula is C23H19ClN6OS. The largest absolute Gasteiger partial charge is 0.272 e. The Hall–Kier alpha value is -3.49. The van der Waals surface area contributed by atoms with Crippen molar-refractivity contribution < 1.29 is 4.79 Å². The molecule has 160 valence electrons. The molecule has 0 saturated heterocycles. The molecular weight excluding hydrogens is 444 g/mol. The van der Waals surface area contributed by atoms with E-state index in [0.717, 1.165) is 16.8 Å². The van der Waals surface area contributed by atoms with E-state index in [9.17, 15) is 4.79 Å². The maximum absolute atomic E-state index is 12.4. The van der Waals surface area contributed by atoms with E-state index in [1.165, 1.54) is 11.8 Å². The van der Waals surface area contributed by atoms with Crippen LogP contribution in [0.3, 0.4) is 0 Å². The number of nitrogens with zero attached hydrogens (tertiary/aromatic N) is 5. The summed E-state index contributed by atoms with van der Waals surface area (Å²) in [7, 11) is 0. The Morgan fingerprint density at radius 2 is 1.84 bits per heavy atom. The number of thioether (sulfide) groups is 1. The molecule has 0 radical (unpaired) electrons. The summed E-state index contributed by atoms with van der Waals surface area (Å²) in [4.78, 5) is 16.4. The van der Waals surface area contributed by atoms with Gasteiger partial charge in [-0.25, -0.2) is 5.43 Å². The van der Waals surface area contributed by atoms with Gasteiger partial charge in [0.2, 0.25) is 0 Å². The first kappa shape index (κ1) is 21.7. The molecule has 0 spiro atoms. The second-order valence-electron chi connectivity index (χ2n) is 6.75. The van der Waals surface area contributed by atoms with Crippen LogP contribution in [0, 0.1) is 0 Å². The van der Waals surface area contributed by atoms with Crippen LogP contribution in [-0.2, 0) is 4.79 Å². The third kappa shape index (κ3) is 5.22. The van der Waals surface area contributed by atoms with Crippen LogP contribution in [0.4, 0.5) is 0 Å². The zero-order chi connectivity index (χ0) is 22.3. The number of carbonyl (C=O) groups is 1. The van der Waals surface area contributed by atoms with Crippen molar-refractivity contribution in [1.82, 2.24) is 25.2 Å². The van der Waals surface area contributed by atoms with Crippen LogP contribution in [0.15, 0.2) is 89.4 Å². The number of hydrogen-bond acceptors (Lipinski definition) is 6. The number of halogens is 1. The smallest absolute Gasteiger partial charge is 0.250 e. The lowest BCUT2D eigenvalue weighted by atomic mass is 10.2. The van der Waals surface area contributed by atoms with Crippen LogP contribution in [0.5, 0.6) is 0 Å². The van der Waals surface area contributed by atoms with Crippen molar-refractivity contribution in [3.05, 3.63) is 89.7 Å². The molecule has 0 aliphatic heterocycles. The van der Waals surface area contributed by atoms with Gasteiger partial charge in [0.1, 0.15) is 0 Å². The summed E-state index contributed by atoms with van der Waals surface area (Å²) >= 11 is 7.34. The molecule has 2 aromatic carbocycles. The number of hydrazone groups is 1. The third-order valence-electron chi connectivity index (χ3n) is 4.51. The maximum Gasteiger partial charge on any atom is 0.250 e. The summed E-state index contributed by atoms with van der Waals surface area (Å²) in [5, 5.41) is 14.1. The van der Waals surface area contributed by atoms with Gasteiger partial charge in [-0.05, 0) is 37.3 Å². The van der Waals surface area contributed by atoms with Gasteiger partial charge in [0, 0.05) is 34.2 Å². The molecule has 0 aliphatic rings. The molecule has 0 atom stereocenters. The molecule has 0 saturated carbocycles.